The van der Waals surface area contributed by atoms with Gasteiger partial charge in [-0.15, -0.1) is 0 Å². The van der Waals surface area contributed by atoms with E-state index in [1.807, 2.05) is 12.1 Å². The van der Waals surface area contributed by atoms with Gasteiger partial charge < -0.3 is 10.8 Å². The van der Waals surface area contributed by atoms with Gasteiger partial charge in [0, 0.05) is 42.7 Å². The third kappa shape index (κ3) is 1.53. The molecule has 0 atom stereocenters. The van der Waals surface area contributed by atoms with Crippen molar-refractivity contribution in [3.8, 4) is 0 Å². The summed E-state index contributed by atoms with van der Waals surface area (Å²) in [6.07, 6.45) is 0.166. The van der Waals surface area contributed by atoms with Crippen LogP contribution >= 0.6 is 0 Å². The lowest BCUT2D eigenvalue weighted by atomic mass is 9.60. The molecule has 0 unspecified atom stereocenters. The Morgan fingerprint density at radius 1 is 1.00 bits per heavy atom. The zero-order valence-electron chi connectivity index (χ0n) is 12.2. The molecule has 4 heteroatoms. The Kier molecular flexibility index (Phi) is 2.37. The van der Waals surface area contributed by atoms with E-state index in [-0.39, 0.29) is 16.9 Å². The number of hydrogen-bond acceptors (Lipinski definition) is 4. The predicted molar refractivity (Wildman–Crippen MR) is 79.0 cm³/mol. The second kappa shape index (κ2) is 3.75. The number of piperidine rings is 2. The minimum absolute atomic E-state index is 0.00948. The third-order valence-corrected chi connectivity index (χ3v) is 5.50. The number of hydrogen-bond donors (Lipinski definition) is 2. The quantitative estimate of drug-likeness (QED) is 0.757. The minimum Gasteiger partial charge on any atom is -0.399 e. The van der Waals surface area contributed by atoms with E-state index >= 15 is 0 Å². The SMILES string of the molecule is CC12CN3CC(C)(CN(C1)C3c1ccc(N)cc1)C2O. The number of nitrogens with two attached hydrogens (primary N) is 1. The molecule has 20 heavy (non-hydrogen) atoms. The van der Waals surface area contributed by atoms with Crippen molar-refractivity contribution in [2.75, 3.05) is 31.9 Å². The van der Waals surface area contributed by atoms with E-state index in [9.17, 15) is 5.11 Å². The van der Waals surface area contributed by atoms with Crippen LogP contribution in [0.1, 0.15) is 25.6 Å². The van der Waals surface area contributed by atoms with Crippen LogP contribution in [0.3, 0.4) is 0 Å². The number of anilines is 1. The molecular formula is C16H23N3O. The van der Waals surface area contributed by atoms with Gasteiger partial charge in [0.1, 0.15) is 0 Å². The molecule has 0 radical (unpaired) electrons. The van der Waals surface area contributed by atoms with E-state index in [4.69, 9.17) is 5.73 Å². The van der Waals surface area contributed by atoms with Crippen LogP contribution in [0, 0.1) is 10.8 Å². The molecule has 4 fully saturated rings. The Labute approximate surface area is 120 Å². The standard InChI is InChI=1S/C16H23N3O/c1-15-7-18-9-16(2,14(15)20)10-19(8-15)13(18)11-3-5-12(17)6-4-11/h3-6,13-14,20H,7-10,17H2,1-2H3. The third-order valence-electron chi connectivity index (χ3n) is 5.50. The zero-order valence-corrected chi connectivity index (χ0v) is 12.2. The molecule has 4 bridgehead atoms. The Hall–Kier alpha value is -1.10. The Morgan fingerprint density at radius 2 is 1.45 bits per heavy atom. The zero-order chi connectivity index (χ0) is 14.1. The minimum atomic E-state index is -0.185. The van der Waals surface area contributed by atoms with Gasteiger partial charge in [-0.1, -0.05) is 26.0 Å². The highest BCUT2D eigenvalue weighted by atomic mass is 16.3. The molecule has 4 heterocycles. The fraction of sp³-hybridized carbons (Fsp3) is 0.625. The first-order chi connectivity index (χ1) is 9.41. The van der Waals surface area contributed by atoms with Crippen molar-refractivity contribution >= 4 is 5.69 Å². The number of aliphatic hydroxyl groups is 1. The van der Waals surface area contributed by atoms with E-state index in [2.05, 4.69) is 35.8 Å². The topological polar surface area (TPSA) is 52.7 Å². The summed E-state index contributed by atoms with van der Waals surface area (Å²) in [5.41, 5.74) is 7.96. The lowest BCUT2D eigenvalue weighted by Gasteiger charge is -2.68. The lowest BCUT2D eigenvalue weighted by molar-refractivity contribution is -0.253. The van der Waals surface area contributed by atoms with Gasteiger partial charge in [-0.25, -0.2) is 0 Å². The molecule has 0 amide bonds. The summed E-state index contributed by atoms with van der Waals surface area (Å²) in [4.78, 5) is 5.07. The highest BCUT2D eigenvalue weighted by molar-refractivity contribution is 5.40. The van der Waals surface area contributed by atoms with Crippen molar-refractivity contribution < 1.29 is 5.11 Å². The summed E-state index contributed by atoms with van der Waals surface area (Å²) in [6, 6.07) is 8.26. The Morgan fingerprint density at radius 3 is 1.90 bits per heavy atom. The lowest BCUT2D eigenvalue weighted by Crippen LogP contribution is -2.76. The Balaban J connectivity index is 1.72. The predicted octanol–water partition coefficient (Wildman–Crippen LogP) is 1.29. The monoisotopic (exact) mass is 273 g/mol. The van der Waals surface area contributed by atoms with E-state index in [0.717, 1.165) is 31.9 Å². The second-order valence-electron chi connectivity index (χ2n) is 7.56. The van der Waals surface area contributed by atoms with Crippen LogP contribution in [0.4, 0.5) is 5.69 Å². The molecular weight excluding hydrogens is 250 g/mol. The van der Waals surface area contributed by atoms with E-state index in [0.29, 0.717) is 6.17 Å². The summed E-state index contributed by atoms with van der Waals surface area (Å²) in [7, 11) is 0. The molecule has 1 aromatic rings. The van der Waals surface area contributed by atoms with Crippen molar-refractivity contribution in [1.82, 2.24) is 9.80 Å². The van der Waals surface area contributed by atoms with Gasteiger partial charge in [0.15, 0.2) is 0 Å². The van der Waals surface area contributed by atoms with E-state index < -0.39 is 0 Å². The van der Waals surface area contributed by atoms with Gasteiger partial charge in [0.05, 0.1) is 12.3 Å². The van der Waals surface area contributed by atoms with Crippen LogP contribution in [0.25, 0.3) is 0 Å². The van der Waals surface area contributed by atoms with Crippen LogP contribution in [-0.2, 0) is 0 Å². The molecule has 108 valence electrons. The van der Waals surface area contributed by atoms with Crippen LogP contribution in [0.5, 0.6) is 0 Å². The highest BCUT2D eigenvalue weighted by Crippen LogP contribution is 2.54. The largest absolute Gasteiger partial charge is 0.399 e. The molecule has 3 N–H and O–H groups in total. The van der Waals surface area contributed by atoms with Crippen LogP contribution in [0.2, 0.25) is 0 Å². The smallest absolute Gasteiger partial charge is 0.0887 e. The van der Waals surface area contributed by atoms with Crippen molar-refractivity contribution in [2.45, 2.75) is 26.1 Å². The number of aliphatic hydroxyl groups excluding tert-OH is 1. The summed E-state index contributed by atoms with van der Waals surface area (Å²) in [5, 5.41) is 10.7. The highest BCUT2D eigenvalue weighted by Gasteiger charge is 2.61. The molecule has 4 aliphatic rings. The maximum atomic E-state index is 10.7. The summed E-state index contributed by atoms with van der Waals surface area (Å²) in [5.74, 6) is 0. The summed E-state index contributed by atoms with van der Waals surface area (Å²) in [6.45, 7) is 8.38. The van der Waals surface area contributed by atoms with Crippen LogP contribution in [-0.4, -0.2) is 47.2 Å². The van der Waals surface area contributed by atoms with Gasteiger partial charge in [0.2, 0.25) is 0 Å². The van der Waals surface area contributed by atoms with Crippen LogP contribution in [0.15, 0.2) is 24.3 Å². The number of rotatable bonds is 1. The fourth-order valence-corrected chi connectivity index (χ4v) is 4.92. The van der Waals surface area contributed by atoms with E-state index in [1.165, 1.54) is 5.56 Å². The maximum absolute atomic E-state index is 10.7. The molecule has 1 aromatic carbocycles. The normalized spacial score (nSPS) is 49.5. The van der Waals surface area contributed by atoms with Gasteiger partial charge >= 0.3 is 0 Å². The molecule has 4 saturated heterocycles. The molecule has 0 aromatic heterocycles. The van der Waals surface area contributed by atoms with Gasteiger partial charge in [0.25, 0.3) is 0 Å². The summed E-state index contributed by atoms with van der Waals surface area (Å²) >= 11 is 0. The number of benzene rings is 1. The molecule has 0 saturated carbocycles. The average molecular weight is 273 g/mol. The van der Waals surface area contributed by atoms with Crippen molar-refractivity contribution in [3.05, 3.63) is 29.8 Å². The summed E-state index contributed by atoms with van der Waals surface area (Å²) < 4.78 is 0. The van der Waals surface area contributed by atoms with Crippen LogP contribution < -0.4 is 5.73 Å². The first kappa shape index (κ1) is 12.6. The first-order valence-electron chi connectivity index (χ1n) is 7.43. The first-order valence-corrected chi connectivity index (χ1v) is 7.43. The van der Waals surface area contributed by atoms with Gasteiger partial charge in [-0.3, -0.25) is 9.80 Å². The molecule has 5 rings (SSSR count). The van der Waals surface area contributed by atoms with Crippen molar-refractivity contribution in [3.63, 3.8) is 0 Å². The molecule has 4 nitrogen and oxygen atoms in total. The van der Waals surface area contributed by atoms with Gasteiger partial charge in [-0.05, 0) is 17.7 Å². The number of nitrogens with zero attached hydrogens (tertiary/aromatic N) is 2. The van der Waals surface area contributed by atoms with Crippen molar-refractivity contribution in [2.24, 2.45) is 10.8 Å². The van der Waals surface area contributed by atoms with Gasteiger partial charge in [-0.2, -0.15) is 0 Å². The maximum Gasteiger partial charge on any atom is 0.0887 e. The molecule has 4 aliphatic heterocycles. The fourth-order valence-electron chi connectivity index (χ4n) is 4.92. The van der Waals surface area contributed by atoms with E-state index in [1.54, 1.807) is 0 Å². The second-order valence-corrected chi connectivity index (χ2v) is 7.56. The number of nitrogen functional groups attached to an aromatic ring is 1. The van der Waals surface area contributed by atoms with Crippen molar-refractivity contribution in [1.29, 1.82) is 0 Å². The molecule has 0 spiro atoms. The molecule has 0 aliphatic carbocycles. The average Bonchev–Trinajstić information content (AvgIpc) is 2.36. The Bertz CT molecular complexity index is 503.